The molecule has 1 heterocycles. The topological polar surface area (TPSA) is 61.8 Å². The molecule has 5 nitrogen and oxygen atoms in total. The first kappa shape index (κ1) is 20.8. The van der Waals surface area contributed by atoms with E-state index in [9.17, 15) is 14.0 Å². The number of carbonyl (C=O) groups is 2. The van der Waals surface area contributed by atoms with E-state index in [1.54, 1.807) is 12.1 Å². The number of rotatable bonds is 4. The van der Waals surface area contributed by atoms with Crippen LogP contribution in [0.15, 0.2) is 71.7 Å². The van der Waals surface area contributed by atoms with Crippen molar-refractivity contribution in [3.8, 4) is 0 Å². The van der Waals surface area contributed by atoms with Crippen LogP contribution in [0.3, 0.4) is 0 Å². The van der Waals surface area contributed by atoms with E-state index < -0.39 is 11.7 Å². The van der Waals surface area contributed by atoms with E-state index in [0.717, 1.165) is 11.1 Å². The minimum atomic E-state index is -0.572. The van der Waals surface area contributed by atoms with Gasteiger partial charge in [-0.2, -0.15) is 0 Å². The molecule has 1 aliphatic heterocycles. The first-order chi connectivity index (χ1) is 14.9. The molecule has 4 rings (SSSR count). The van der Waals surface area contributed by atoms with Gasteiger partial charge in [0, 0.05) is 5.69 Å². The van der Waals surface area contributed by atoms with E-state index in [-0.39, 0.29) is 23.9 Å². The highest BCUT2D eigenvalue weighted by atomic mass is 35.5. The number of benzene rings is 3. The molecule has 0 saturated heterocycles. The van der Waals surface area contributed by atoms with Gasteiger partial charge in [-0.1, -0.05) is 53.6 Å². The van der Waals surface area contributed by atoms with Gasteiger partial charge in [0.05, 0.1) is 28.5 Å². The highest BCUT2D eigenvalue weighted by molar-refractivity contribution is 6.31. The van der Waals surface area contributed by atoms with E-state index in [0.29, 0.717) is 22.8 Å². The summed E-state index contributed by atoms with van der Waals surface area (Å²) in [7, 11) is 0. The molecular weight excluding hydrogens is 417 g/mol. The lowest BCUT2D eigenvalue weighted by Gasteiger charge is -2.22. The second-order valence-corrected chi connectivity index (χ2v) is 7.65. The third-order valence-electron chi connectivity index (χ3n) is 4.94. The van der Waals surface area contributed by atoms with Crippen LogP contribution in [0.5, 0.6) is 0 Å². The van der Waals surface area contributed by atoms with Crippen molar-refractivity contribution < 1.29 is 14.0 Å². The number of anilines is 2. The molecule has 0 atom stereocenters. The maximum atomic E-state index is 13.4. The number of fused-ring (bicyclic) bond motifs is 1. The van der Waals surface area contributed by atoms with Crippen molar-refractivity contribution in [2.75, 3.05) is 16.8 Å². The van der Waals surface area contributed by atoms with Gasteiger partial charge in [-0.3, -0.25) is 14.6 Å². The maximum Gasteiger partial charge on any atom is 0.244 e. The molecule has 0 radical (unpaired) electrons. The van der Waals surface area contributed by atoms with Crippen LogP contribution in [0.25, 0.3) is 0 Å². The van der Waals surface area contributed by atoms with Crippen molar-refractivity contribution in [1.82, 2.24) is 0 Å². The van der Waals surface area contributed by atoms with Gasteiger partial charge in [-0.15, -0.1) is 0 Å². The summed E-state index contributed by atoms with van der Waals surface area (Å²) in [5.74, 6) is -1.24. The Morgan fingerprint density at radius 2 is 1.87 bits per heavy atom. The molecule has 0 spiro atoms. The Balaban J connectivity index is 1.59. The number of halogens is 2. The fourth-order valence-electron chi connectivity index (χ4n) is 3.35. The Morgan fingerprint density at radius 3 is 2.61 bits per heavy atom. The van der Waals surface area contributed by atoms with Crippen molar-refractivity contribution in [1.29, 1.82) is 0 Å². The SMILES string of the molecule is Cc1ccc(C2=Nc3ccccc3N(CC(=O)Nc3ccc(F)c(Cl)c3)C(=O)C2)cc1. The molecule has 0 aromatic heterocycles. The molecule has 0 bridgehead atoms. The number of aliphatic imine (C=N–C) groups is 1. The number of para-hydroxylation sites is 2. The van der Waals surface area contributed by atoms with Gasteiger partial charge in [0.1, 0.15) is 12.4 Å². The number of aryl methyl sites for hydroxylation is 1. The summed E-state index contributed by atoms with van der Waals surface area (Å²) in [5.41, 5.74) is 4.14. The summed E-state index contributed by atoms with van der Waals surface area (Å²) in [5, 5.41) is 2.56. The average Bonchev–Trinajstić information content (AvgIpc) is 2.88. The zero-order chi connectivity index (χ0) is 22.0. The van der Waals surface area contributed by atoms with Gasteiger partial charge in [-0.05, 0) is 42.8 Å². The second kappa shape index (κ2) is 8.70. The standard InChI is InChI=1S/C24H19ClFN3O2/c1-15-6-8-16(9-7-15)21-13-24(31)29(22-5-3-2-4-20(22)28-21)14-23(30)27-17-10-11-19(26)18(25)12-17/h2-12H,13-14H2,1H3,(H,27,30). The quantitative estimate of drug-likeness (QED) is 0.605. The lowest BCUT2D eigenvalue weighted by Crippen LogP contribution is -2.38. The number of amides is 2. The summed E-state index contributed by atoms with van der Waals surface area (Å²) in [6, 6.07) is 18.9. The van der Waals surface area contributed by atoms with E-state index in [1.807, 2.05) is 43.3 Å². The molecule has 1 N–H and O–H groups in total. The highest BCUT2D eigenvalue weighted by Gasteiger charge is 2.26. The minimum Gasteiger partial charge on any atom is -0.324 e. The first-order valence-electron chi connectivity index (χ1n) is 9.69. The molecule has 0 saturated carbocycles. The summed E-state index contributed by atoms with van der Waals surface area (Å²) >= 11 is 5.78. The molecule has 0 unspecified atom stereocenters. The third-order valence-corrected chi connectivity index (χ3v) is 5.23. The smallest absolute Gasteiger partial charge is 0.244 e. The van der Waals surface area contributed by atoms with Gasteiger partial charge in [0.15, 0.2) is 0 Å². The van der Waals surface area contributed by atoms with E-state index in [2.05, 4.69) is 5.32 Å². The minimum absolute atomic E-state index is 0.0629. The Hall–Kier alpha value is -3.51. The second-order valence-electron chi connectivity index (χ2n) is 7.25. The average molecular weight is 436 g/mol. The largest absolute Gasteiger partial charge is 0.324 e. The van der Waals surface area contributed by atoms with Crippen molar-refractivity contribution >= 4 is 46.2 Å². The molecule has 7 heteroatoms. The molecule has 0 aliphatic carbocycles. The lowest BCUT2D eigenvalue weighted by molar-refractivity contribution is -0.120. The lowest BCUT2D eigenvalue weighted by atomic mass is 10.1. The number of carbonyl (C=O) groups excluding carboxylic acids is 2. The highest BCUT2D eigenvalue weighted by Crippen LogP contribution is 2.33. The van der Waals surface area contributed by atoms with E-state index in [4.69, 9.17) is 16.6 Å². The van der Waals surface area contributed by atoms with Crippen LogP contribution in [0.2, 0.25) is 5.02 Å². The van der Waals surface area contributed by atoms with Crippen molar-refractivity contribution in [2.45, 2.75) is 13.3 Å². The number of hydrogen-bond donors (Lipinski definition) is 1. The van der Waals surface area contributed by atoms with Gasteiger partial charge in [-0.25, -0.2) is 4.39 Å². The van der Waals surface area contributed by atoms with Crippen LogP contribution in [-0.2, 0) is 9.59 Å². The summed E-state index contributed by atoms with van der Waals surface area (Å²) < 4.78 is 13.4. The molecule has 1 aliphatic rings. The maximum absolute atomic E-state index is 13.4. The van der Waals surface area contributed by atoms with Crippen molar-refractivity contribution in [2.24, 2.45) is 4.99 Å². The van der Waals surface area contributed by atoms with Crippen LogP contribution in [0, 0.1) is 12.7 Å². The number of nitrogens with zero attached hydrogens (tertiary/aromatic N) is 2. The molecule has 2 amide bonds. The Labute approximate surface area is 184 Å². The molecule has 0 fully saturated rings. The predicted octanol–water partition coefficient (Wildman–Crippen LogP) is 5.28. The van der Waals surface area contributed by atoms with Crippen LogP contribution < -0.4 is 10.2 Å². The normalized spacial score (nSPS) is 13.3. The van der Waals surface area contributed by atoms with Crippen LogP contribution >= 0.6 is 11.6 Å². The predicted molar refractivity (Wildman–Crippen MR) is 121 cm³/mol. The Bertz CT molecular complexity index is 1190. The van der Waals surface area contributed by atoms with E-state index >= 15 is 0 Å². The van der Waals surface area contributed by atoms with Gasteiger partial charge in [0.25, 0.3) is 0 Å². The third kappa shape index (κ3) is 4.64. The van der Waals surface area contributed by atoms with Gasteiger partial charge < -0.3 is 10.2 Å². The monoisotopic (exact) mass is 435 g/mol. The molecule has 156 valence electrons. The van der Waals surface area contributed by atoms with E-state index in [1.165, 1.54) is 23.1 Å². The summed E-state index contributed by atoms with van der Waals surface area (Å²) in [6.45, 7) is 1.79. The zero-order valence-electron chi connectivity index (χ0n) is 16.7. The first-order valence-corrected chi connectivity index (χ1v) is 10.1. The van der Waals surface area contributed by atoms with Crippen LogP contribution in [0.4, 0.5) is 21.5 Å². The number of hydrogen-bond acceptors (Lipinski definition) is 3. The van der Waals surface area contributed by atoms with Gasteiger partial charge in [0.2, 0.25) is 11.8 Å². The molecular formula is C24H19ClFN3O2. The number of nitrogens with one attached hydrogen (secondary N) is 1. The molecule has 31 heavy (non-hydrogen) atoms. The summed E-state index contributed by atoms with van der Waals surface area (Å²) in [6.07, 6.45) is 0.0629. The van der Waals surface area contributed by atoms with Gasteiger partial charge >= 0.3 is 0 Å². The molecule has 3 aromatic rings. The van der Waals surface area contributed by atoms with Crippen LogP contribution in [-0.4, -0.2) is 24.1 Å². The van der Waals surface area contributed by atoms with Crippen molar-refractivity contribution in [3.63, 3.8) is 0 Å². The Kier molecular flexibility index (Phi) is 5.82. The Morgan fingerprint density at radius 1 is 1.13 bits per heavy atom. The fraction of sp³-hybridized carbons (Fsp3) is 0.125. The fourth-order valence-corrected chi connectivity index (χ4v) is 3.53. The zero-order valence-corrected chi connectivity index (χ0v) is 17.5. The molecule has 3 aromatic carbocycles. The van der Waals surface area contributed by atoms with Crippen LogP contribution in [0.1, 0.15) is 17.5 Å². The van der Waals surface area contributed by atoms with Crippen molar-refractivity contribution in [3.05, 3.63) is 88.7 Å². The summed E-state index contributed by atoms with van der Waals surface area (Å²) in [4.78, 5) is 31.9.